The van der Waals surface area contributed by atoms with Crippen LogP contribution in [-0.2, 0) is 12.7 Å². The van der Waals surface area contributed by atoms with Crippen LogP contribution >= 0.6 is 0 Å². The highest BCUT2D eigenvalue weighted by Crippen LogP contribution is 2.37. The van der Waals surface area contributed by atoms with Crippen molar-refractivity contribution < 1.29 is 22.8 Å². The lowest BCUT2D eigenvalue weighted by atomic mass is 9.96. The first-order valence-corrected chi connectivity index (χ1v) is 8.80. The van der Waals surface area contributed by atoms with Crippen molar-refractivity contribution in [2.24, 2.45) is 5.92 Å². The molecule has 0 aliphatic heterocycles. The van der Waals surface area contributed by atoms with Gasteiger partial charge in [-0.2, -0.15) is 23.4 Å². The Labute approximate surface area is 163 Å². The van der Waals surface area contributed by atoms with E-state index in [1.54, 1.807) is 16.7 Å². The fraction of sp³-hybridized carbons (Fsp3) is 0.250. The van der Waals surface area contributed by atoms with Gasteiger partial charge in [0.2, 0.25) is 0 Å². The molecule has 1 aliphatic rings. The molecular weight excluding hydrogens is 385 g/mol. The third-order valence-electron chi connectivity index (χ3n) is 4.88. The van der Waals surface area contributed by atoms with Gasteiger partial charge in [-0.3, -0.25) is 0 Å². The Balaban J connectivity index is 1.67. The molecular formula is C20H15F3N4O2. The molecule has 0 radical (unpaired) electrons. The highest BCUT2D eigenvalue weighted by Gasteiger charge is 2.36. The zero-order valence-electron chi connectivity index (χ0n) is 15.2. The fourth-order valence-corrected chi connectivity index (χ4v) is 3.33. The van der Waals surface area contributed by atoms with Gasteiger partial charge in [-0.25, -0.2) is 0 Å². The first-order chi connectivity index (χ1) is 13.8. The van der Waals surface area contributed by atoms with E-state index in [0.717, 1.165) is 6.07 Å². The molecule has 4 rings (SSSR count). The number of halogens is 3. The summed E-state index contributed by atoms with van der Waals surface area (Å²) in [4.78, 5) is 4.28. The summed E-state index contributed by atoms with van der Waals surface area (Å²) in [6.45, 7) is 1.98. The summed E-state index contributed by atoms with van der Waals surface area (Å²) in [5.74, 6) is 0.764. The second-order valence-corrected chi connectivity index (χ2v) is 6.86. The minimum absolute atomic E-state index is 0.0218. The van der Waals surface area contributed by atoms with Crippen LogP contribution in [0, 0.1) is 17.2 Å². The minimum atomic E-state index is -4.64. The van der Waals surface area contributed by atoms with E-state index in [1.807, 2.05) is 13.0 Å². The lowest BCUT2D eigenvalue weighted by Gasteiger charge is -2.13. The van der Waals surface area contributed by atoms with E-state index >= 15 is 0 Å². The van der Waals surface area contributed by atoms with E-state index in [-0.39, 0.29) is 35.3 Å². The van der Waals surface area contributed by atoms with Gasteiger partial charge < -0.3 is 14.2 Å². The molecule has 1 aliphatic carbocycles. The Morgan fingerprint density at radius 1 is 1.34 bits per heavy atom. The van der Waals surface area contributed by atoms with Crippen molar-refractivity contribution in [1.29, 1.82) is 5.26 Å². The second-order valence-electron chi connectivity index (χ2n) is 6.86. The van der Waals surface area contributed by atoms with Crippen molar-refractivity contribution in [3.63, 3.8) is 0 Å². The zero-order chi connectivity index (χ0) is 20.8. The smallest absolute Gasteiger partial charge is 0.418 e. The van der Waals surface area contributed by atoms with Crippen LogP contribution in [0.2, 0.25) is 0 Å². The monoisotopic (exact) mass is 400 g/mol. The van der Waals surface area contributed by atoms with E-state index in [2.05, 4.69) is 10.1 Å². The van der Waals surface area contributed by atoms with E-state index in [1.165, 1.54) is 18.3 Å². The molecule has 6 nitrogen and oxygen atoms in total. The molecule has 1 aromatic carbocycles. The van der Waals surface area contributed by atoms with E-state index in [9.17, 15) is 18.3 Å². The number of benzene rings is 1. The number of hydrogen-bond donors (Lipinski definition) is 1. The van der Waals surface area contributed by atoms with E-state index in [0.29, 0.717) is 17.5 Å². The number of rotatable bonds is 3. The number of aliphatic hydroxyl groups excluding tert-OH is 1. The number of nitrogens with zero attached hydrogens (tertiary/aromatic N) is 4. The summed E-state index contributed by atoms with van der Waals surface area (Å²) in [6, 6.07) is 5.55. The first kappa shape index (κ1) is 18.8. The van der Waals surface area contributed by atoms with Crippen LogP contribution in [0.15, 0.2) is 46.8 Å². The van der Waals surface area contributed by atoms with E-state index < -0.39 is 17.3 Å². The van der Waals surface area contributed by atoms with Crippen LogP contribution in [0.25, 0.3) is 16.5 Å². The molecule has 1 N–H and O–H groups in total. The van der Waals surface area contributed by atoms with Crippen LogP contribution in [0.1, 0.15) is 36.2 Å². The average Bonchev–Trinajstić information content (AvgIpc) is 3.30. The largest absolute Gasteiger partial charge is 0.512 e. The second kappa shape index (κ2) is 6.81. The number of aromatic nitrogens is 3. The summed E-state index contributed by atoms with van der Waals surface area (Å²) in [6.07, 6.45) is 0.930. The zero-order valence-corrected chi connectivity index (χ0v) is 15.2. The third-order valence-corrected chi connectivity index (χ3v) is 4.88. The lowest BCUT2D eigenvalue weighted by Crippen LogP contribution is -2.09. The van der Waals surface area contributed by atoms with Crippen LogP contribution < -0.4 is 0 Å². The van der Waals surface area contributed by atoms with Gasteiger partial charge in [-0.15, -0.1) is 0 Å². The maximum Gasteiger partial charge on any atom is 0.418 e. The minimum Gasteiger partial charge on any atom is -0.512 e. The summed E-state index contributed by atoms with van der Waals surface area (Å²) in [7, 11) is 0. The molecule has 3 aromatic rings. The molecule has 0 bridgehead atoms. The van der Waals surface area contributed by atoms with Crippen molar-refractivity contribution in [3.05, 3.63) is 65.1 Å². The van der Waals surface area contributed by atoms with Crippen LogP contribution in [0.4, 0.5) is 13.2 Å². The van der Waals surface area contributed by atoms with Gasteiger partial charge >= 0.3 is 6.18 Å². The van der Waals surface area contributed by atoms with Crippen LogP contribution in [-0.4, -0.2) is 19.8 Å². The Morgan fingerprint density at radius 3 is 2.83 bits per heavy atom. The average molecular weight is 400 g/mol. The van der Waals surface area contributed by atoms with Gasteiger partial charge in [-0.1, -0.05) is 18.2 Å². The predicted molar refractivity (Wildman–Crippen MR) is 97.5 cm³/mol. The quantitative estimate of drug-likeness (QED) is 0.680. The maximum absolute atomic E-state index is 13.4. The molecule has 2 aromatic heterocycles. The molecule has 0 fully saturated rings. The molecule has 9 heteroatoms. The predicted octanol–water partition coefficient (Wildman–Crippen LogP) is 4.83. The van der Waals surface area contributed by atoms with Gasteiger partial charge in [0.15, 0.2) is 5.82 Å². The SMILES string of the molecule is CC1CC=C(c2nc(Cn3ccc4c(C(F)(F)F)c(C#N)ccc43)no2)C=C1O. The number of alkyl halides is 3. The van der Waals surface area contributed by atoms with Gasteiger partial charge in [0.1, 0.15) is 0 Å². The summed E-state index contributed by atoms with van der Waals surface area (Å²) < 4.78 is 47.1. The number of allylic oxidation sites excluding steroid dienone is 4. The molecule has 1 unspecified atom stereocenters. The Kier molecular flexibility index (Phi) is 4.42. The number of aliphatic hydroxyl groups is 1. The lowest BCUT2D eigenvalue weighted by molar-refractivity contribution is -0.136. The topological polar surface area (TPSA) is 87.9 Å². The number of hydrogen-bond acceptors (Lipinski definition) is 5. The van der Waals surface area contributed by atoms with Gasteiger partial charge in [0.25, 0.3) is 5.89 Å². The fourth-order valence-electron chi connectivity index (χ4n) is 3.33. The Morgan fingerprint density at radius 2 is 2.14 bits per heavy atom. The van der Waals surface area contributed by atoms with Crippen LogP contribution in [0.3, 0.4) is 0 Å². The Bertz CT molecular complexity index is 1190. The number of fused-ring (bicyclic) bond motifs is 1. The molecule has 0 spiro atoms. The normalized spacial score (nSPS) is 17.1. The molecule has 0 saturated carbocycles. The molecule has 1 atom stereocenters. The van der Waals surface area contributed by atoms with Crippen molar-refractivity contribution in [2.75, 3.05) is 0 Å². The summed E-state index contributed by atoms with van der Waals surface area (Å²) in [5, 5.41) is 22.7. The molecule has 29 heavy (non-hydrogen) atoms. The van der Waals surface area contributed by atoms with Crippen molar-refractivity contribution in [3.8, 4) is 6.07 Å². The summed E-state index contributed by atoms with van der Waals surface area (Å²) in [5.41, 5.74) is -0.456. The first-order valence-electron chi connectivity index (χ1n) is 8.80. The maximum atomic E-state index is 13.4. The van der Waals surface area contributed by atoms with Gasteiger partial charge in [0.05, 0.1) is 29.5 Å². The van der Waals surface area contributed by atoms with E-state index in [4.69, 9.17) is 9.78 Å². The van der Waals surface area contributed by atoms with Crippen molar-refractivity contribution in [1.82, 2.24) is 14.7 Å². The molecule has 2 heterocycles. The Hall–Kier alpha value is -3.54. The highest BCUT2D eigenvalue weighted by molar-refractivity contribution is 5.86. The molecule has 0 saturated heterocycles. The van der Waals surface area contributed by atoms with Crippen molar-refractivity contribution >= 4 is 16.5 Å². The summed E-state index contributed by atoms with van der Waals surface area (Å²) >= 11 is 0. The van der Waals surface area contributed by atoms with Crippen LogP contribution in [0.5, 0.6) is 0 Å². The highest BCUT2D eigenvalue weighted by atomic mass is 19.4. The van der Waals surface area contributed by atoms with Gasteiger partial charge in [0, 0.05) is 28.6 Å². The van der Waals surface area contributed by atoms with Gasteiger partial charge in [-0.05, 0) is 30.7 Å². The molecule has 0 amide bonds. The molecule has 148 valence electrons. The standard InChI is InChI=1S/C20H15F3N4O2/c1-11-2-3-12(8-16(11)28)19-25-17(26-29-19)10-27-7-6-14-15(27)5-4-13(9-24)18(14)20(21,22)23/h3-8,11,28H,2,10H2,1H3. The number of nitriles is 1. The third kappa shape index (κ3) is 3.38. The van der Waals surface area contributed by atoms with Crippen molar-refractivity contribution in [2.45, 2.75) is 26.1 Å².